The van der Waals surface area contributed by atoms with E-state index >= 15 is 0 Å². The van der Waals surface area contributed by atoms with Crippen LogP contribution in [0.3, 0.4) is 0 Å². The Labute approximate surface area is 184 Å². The molecular weight excluding hydrogens is 384 g/mol. The van der Waals surface area contributed by atoms with Gasteiger partial charge < -0.3 is 10.2 Å². The highest BCUT2D eigenvalue weighted by atomic mass is 16.3. The highest BCUT2D eigenvalue weighted by molar-refractivity contribution is 6.30. The Morgan fingerprint density at radius 1 is 0.806 bits per heavy atom. The number of ketones is 1. The van der Waals surface area contributed by atoms with Crippen molar-refractivity contribution >= 4 is 11.4 Å². The normalized spacial score (nSPS) is 29.4. The number of rotatable bonds is 4. The third kappa shape index (κ3) is 2.57. The first-order valence-corrected chi connectivity index (χ1v) is 11.2. The number of hydrogen-bond donors (Lipinski definition) is 2. The lowest BCUT2D eigenvalue weighted by Crippen LogP contribution is -2.50. The fourth-order valence-electron chi connectivity index (χ4n) is 6.80. The molecule has 2 N–H and O–H groups in total. The summed E-state index contributed by atoms with van der Waals surface area (Å²) in [6.45, 7) is 4.19. The number of aliphatic hydroxyl groups excluding tert-OH is 2. The van der Waals surface area contributed by atoms with Gasteiger partial charge in [-0.05, 0) is 50.7 Å². The summed E-state index contributed by atoms with van der Waals surface area (Å²) >= 11 is 0. The van der Waals surface area contributed by atoms with Crippen molar-refractivity contribution in [3.63, 3.8) is 0 Å². The fourth-order valence-corrected chi connectivity index (χ4v) is 6.80. The maximum absolute atomic E-state index is 14.5. The van der Waals surface area contributed by atoms with Gasteiger partial charge in [-0.1, -0.05) is 77.4 Å². The summed E-state index contributed by atoms with van der Waals surface area (Å²) in [4.78, 5) is 14.5. The molecule has 2 aromatic carbocycles. The van der Waals surface area contributed by atoms with Crippen LogP contribution in [0.25, 0.3) is 5.57 Å². The average Bonchev–Trinajstić information content (AvgIpc) is 3.22. The summed E-state index contributed by atoms with van der Waals surface area (Å²) in [6, 6.07) is 20.2. The maximum Gasteiger partial charge on any atom is 0.175 e. The average molecular weight is 415 g/mol. The van der Waals surface area contributed by atoms with Crippen LogP contribution in [0.2, 0.25) is 0 Å². The minimum absolute atomic E-state index is 0.0718. The molecule has 1 spiro atoms. The summed E-state index contributed by atoms with van der Waals surface area (Å²) in [6.07, 6.45) is 2.68. The molecule has 3 nitrogen and oxygen atoms in total. The molecule has 5 rings (SSSR count). The van der Waals surface area contributed by atoms with Gasteiger partial charge in [0, 0.05) is 16.4 Å². The molecule has 1 fully saturated rings. The van der Waals surface area contributed by atoms with Crippen LogP contribution < -0.4 is 0 Å². The van der Waals surface area contributed by atoms with Crippen molar-refractivity contribution in [2.24, 2.45) is 10.8 Å². The Balaban J connectivity index is 1.86. The van der Waals surface area contributed by atoms with Gasteiger partial charge in [0.1, 0.15) is 0 Å². The molecule has 1 saturated carbocycles. The van der Waals surface area contributed by atoms with E-state index in [2.05, 4.69) is 26.0 Å². The van der Waals surface area contributed by atoms with Crippen molar-refractivity contribution in [3.8, 4) is 0 Å². The standard InChI is InChI=1S/C28H30O3/c1-19-13-27-16-26(17-29,18-30)15-23(27)24(21-9-5-3-6-10-21)25(31)28(27,14-20(19)2)22-11-7-4-8-12-22/h3-12,29-30H,13-18H2,1-2H3/t27-,28+/m1/s1. The van der Waals surface area contributed by atoms with Crippen LogP contribution in [0.1, 0.15) is 50.7 Å². The number of carbonyl (C=O) groups excluding carboxylic acids is 1. The van der Waals surface area contributed by atoms with Crippen LogP contribution in [0, 0.1) is 10.8 Å². The molecular formula is C28H30O3. The first kappa shape index (κ1) is 20.4. The predicted molar refractivity (Wildman–Crippen MR) is 122 cm³/mol. The summed E-state index contributed by atoms with van der Waals surface area (Å²) in [5.41, 5.74) is 4.88. The number of aliphatic hydroxyl groups is 2. The van der Waals surface area contributed by atoms with Gasteiger partial charge >= 0.3 is 0 Å². The number of carbonyl (C=O) groups is 1. The summed E-state index contributed by atoms with van der Waals surface area (Å²) in [7, 11) is 0. The number of benzene rings is 2. The maximum atomic E-state index is 14.5. The van der Waals surface area contributed by atoms with Gasteiger partial charge in [0.25, 0.3) is 0 Å². The smallest absolute Gasteiger partial charge is 0.175 e. The molecule has 31 heavy (non-hydrogen) atoms. The van der Waals surface area contributed by atoms with Crippen LogP contribution in [0.5, 0.6) is 0 Å². The van der Waals surface area contributed by atoms with E-state index in [1.54, 1.807) is 0 Å². The molecule has 0 saturated heterocycles. The van der Waals surface area contributed by atoms with Crippen molar-refractivity contribution in [2.75, 3.05) is 13.2 Å². The Morgan fingerprint density at radius 3 is 2.00 bits per heavy atom. The topological polar surface area (TPSA) is 57.5 Å². The summed E-state index contributed by atoms with van der Waals surface area (Å²) < 4.78 is 0. The third-order valence-corrected chi connectivity index (χ3v) is 8.37. The Morgan fingerprint density at radius 2 is 1.39 bits per heavy atom. The third-order valence-electron chi connectivity index (χ3n) is 8.37. The van der Waals surface area contributed by atoms with E-state index in [-0.39, 0.29) is 19.0 Å². The lowest BCUT2D eigenvalue weighted by Gasteiger charge is -2.50. The van der Waals surface area contributed by atoms with E-state index in [0.29, 0.717) is 19.3 Å². The molecule has 0 radical (unpaired) electrons. The Kier molecular flexibility index (Phi) is 4.62. The lowest BCUT2D eigenvalue weighted by molar-refractivity contribution is -0.122. The largest absolute Gasteiger partial charge is 0.396 e. The summed E-state index contributed by atoms with van der Waals surface area (Å²) in [5.74, 6) is 0.205. The molecule has 0 heterocycles. The second-order valence-electron chi connectivity index (χ2n) is 9.99. The van der Waals surface area contributed by atoms with Gasteiger partial charge in [0.2, 0.25) is 0 Å². The van der Waals surface area contributed by atoms with Gasteiger partial charge in [0.15, 0.2) is 5.78 Å². The van der Waals surface area contributed by atoms with Gasteiger partial charge in [-0.3, -0.25) is 4.79 Å². The molecule has 0 amide bonds. The van der Waals surface area contributed by atoms with Gasteiger partial charge in [-0.25, -0.2) is 0 Å². The Hall–Kier alpha value is -2.49. The fraction of sp³-hybridized carbons (Fsp3) is 0.393. The van der Waals surface area contributed by atoms with Crippen molar-refractivity contribution in [2.45, 2.75) is 44.9 Å². The number of hydrogen-bond acceptors (Lipinski definition) is 3. The van der Waals surface area contributed by atoms with Gasteiger partial charge in [-0.2, -0.15) is 0 Å². The molecule has 2 atom stereocenters. The Bertz CT molecular complexity index is 1090. The van der Waals surface area contributed by atoms with Crippen molar-refractivity contribution < 1.29 is 15.0 Å². The van der Waals surface area contributed by atoms with E-state index in [0.717, 1.165) is 28.7 Å². The quantitative estimate of drug-likeness (QED) is 0.704. The molecule has 0 unspecified atom stereocenters. The predicted octanol–water partition coefficient (Wildman–Crippen LogP) is 4.84. The van der Waals surface area contributed by atoms with E-state index in [9.17, 15) is 15.0 Å². The van der Waals surface area contributed by atoms with Crippen molar-refractivity contribution in [1.29, 1.82) is 0 Å². The molecule has 3 aliphatic carbocycles. The number of allylic oxidation sites excluding steroid dienone is 4. The van der Waals surface area contributed by atoms with E-state index < -0.39 is 16.2 Å². The highest BCUT2D eigenvalue weighted by Gasteiger charge is 2.70. The molecule has 0 aliphatic heterocycles. The number of Topliss-reactive ketones (excluding diaryl/α,β-unsaturated/α-hetero) is 1. The van der Waals surface area contributed by atoms with Crippen LogP contribution in [-0.2, 0) is 10.2 Å². The zero-order valence-electron chi connectivity index (χ0n) is 18.3. The zero-order chi connectivity index (χ0) is 21.9. The van der Waals surface area contributed by atoms with Gasteiger partial charge in [0.05, 0.1) is 18.6 Å². The molecule has 0 aromatic heterocycles. The van der Waals surface area contributed by atoms with Crippen molar-refractivity contribution in [1.82, 2.24) is 0 Å². The van der Waals surface area contributed by atoms with Crippen LogP contribution in [0.4, 0.5) is 0 Å². The van der Waals surface area contributed by atoms with E-state index in [4.69, 9.17) is 0 Å². The van der Waals surface area contributed by atoms with E-state index in [1.807, 2.05) is 48.5 Å². The van der Waals surface area contributed by atoms with Gasteiger partial charge in [-0.15, -0.1) is 0 Å². The van der Waals surface area contributed by atoms with Crippen LogP contribution in [0.15, 0.2) is 77.4 Å². The minimum Gasteiger partial charge on any atom is -0.396 e. The molecule has 160 valence electrons. The zero-order valence-corrected chi connectivity index (χ0v) is 18.3. The first-order chi connectivity index (χ1) is 14.9. The summed E-state index contributed by atoms with van der Waals surface area (Å²) in [5, 5.41) is 20.7. The first-order valence-electron chi connectivity index (χ1n) is 11.2. The minimum atomic E-state index is -0.690. The SMILES string of the molecule is CC1=C(C)C[C@]2(c3ccccc3)C(=O)C(c3ccccc3)=C3CC(CO)(CO)C[C@]32C1. The van der Waals surface area contributed by atoms with E-state index in [1.165, 1.54) is 11.1 Å². The molecule has 2 aromatic rings. The van der Waals surface area contributed by atoms with Crippen molar-refractivity contribution in [3.05, 3.63) is 88.5 Å². The van der Waals surface area contributed by atoms with Crippen LogP contribution >= 0.6 is 0 Å². The second-order valence-corrected chi connectivity index (χ2v) is 9.99. The molecule has 0 bridgehead atoms. The molecule has 3 aliphatic rings. The highest BCUT2D eigenvalue weighted by Crippen LogP contribution is 2.73. The molecule has 3 heteroatoms. The monoisotopic (exact) mass is 414 g/mol. The lowest BCUT2D eigenvalue weighted by atomic mass is 9.51. The second kappa shape index (κ2) is 7.01. The van der Waals surface area contributed by atoms with Crippen LogP contribution in [-0.4, -0.2) is 29.2 Å².